The van der Waals surface area contributed by atoms with Crippen molar-refractivity contribution in [2.75, 3.05) is 0 Å². The minimum Gasteiger partial charge on any atom is -0.484 e. The molecule has 0 saturated heterocycles. The van der Waals surface area contributed by atoms with Crippen LogP contribution in [0, 0.1) is 11.6 Å². The van der Waals surface area contributed by atoms with Gasteiger partial charge in [0.2, 0.25) is 0 Å². The van der Waals surface area contributed by atoms with Gasteiger partial charge >= 0.3 is 0 Å². The molecule has 2 atom stereocenters. The summed E-state index contributed by atoms with van der Waals surface area (Å²) in [4.78, 5) is 0. The molecular weight excluding hydrogens is 260 g/mol. The summed E-state index contributed by atoms with van der Waals surface area (Å²) in [5, 5.41) is 0. The Hall–Kier alpha value is -1.94. The van der Waals surface area contributed by atoms with Gasteiger partial charge in [0.05, 0.1) is 0 Å². The van der Waals surface area contributed by atoms with Gasteiger partial charge in [0, 0.05) is 12.1 Å². The lowest BCUT2D eigenvalue weighted by atomic mass is 10.0. The van der Waals surface area contributed by atoms with Gasteiger partial charge in [-0.15, -0.1) is 0 Å². The third-order valence-electron chi connectivity index (χ3n) is 3.12. The molecule has 2 aromatic carbocycles. The molecule has 0 aromatic heterocycles. The van der Waals surface area contributed by atoms with Gasteiger partial charge in [0.25, 0.3) is 0 Å². The first-order valence-electron chi connectivity index (χ1n) is 6.53. The third kappa shape index (κ3) is 3.54. The van der Waals surface area contributed by atoms with Crippen molar-refractivity contribution in [1.82, 2.24) is 0 Å². The highest BCUT2D eigenvalue weighted by Gasteiger charge is 2.20. The Bertz CT molecular complexity index is 557. The number of halogens is 2. The Morgan fingerprint density at radius 3 is 2.35 bits per heavy atom. The normalized spacial score (nSPS) is 13.8. The van der Waals surface area contributed by atoms with E-state index in [-0.39, 0.29) is 17.7 Å². The monoisotopic (exact) mass is 277 g/mol. The summed E-state index contributed by atoms with van der Waals surface area (Å²) in [5.74, 6) is -0.281. The van der Waals surface area contributed by atoms with Crippen molar-refractivity contribution in [3.63, 3.8) is 0 Å². The average Bonchev–Trinajstić information content (AvgIpc) is 2.45. The van der Waals surface area contributed by atoms with Crippen LogP contribution in [0.5, 0.6) is 5.75 Å². The van der Waals surface area contributed by atoms with Crippen LogP contribution >= 0.6 is 0 Å². The number of hydrogen-bond acceptors (Lipinski definition) is 2. The molecule has 2 rings (SSSR count). The first kappa shape index (κ1) is 14.5. The average molecular weight is 277 g/mol. The van der Waals surface area contributed by atoms with Crippen LogP contribution in [-0.4, -0.2) is 6.04 Å². The van der Waals surface area contributed by atoms with Crippen molar-refractivity contribution in [3.05, 3.63) is 65.7 Å². The molecule has 0 bridgehead atoms. The molecule has 20 heavy (non-hydrogen) atoms. The van der Waals surface area contributed by atoms with E-state index in [1.54, 1.807) is 24.3 Å². The smallest absolute Gasteiger partial charge is 0.139 e. The number of hydrogen-bond donors (Lipinski definition) is 1. The van der Waals surface area contributed by atoms with Crippen LogP contribution in [0.3, 0.4) is 0 Å². The Balaban J connectivity index is 2.26. The molecule has 2 N–H and O–H groups in total. The van der Waals surface area contributed by atoms with E-state index in [1.165, 1.54) is 24.3 Å². The van der Waals surface area contributed by atoms with E-state index in [4.69, 9.17) is 10.5 Å². The van der Waals surface area contributed by atoms with Crippen molar-refractivity contribution < 1.29 is 13.5 Å². The molecule has 0 saturated carbocycles. The number of rotatable bonds is 5. The van der Waals surface area contributed by atoms with E-state index in [0.717, 1.165) is 5.56 Å². The Kier molecular flexibility index (Phi) is 4.69. The second-order valence-electron chi connectivity index (χ2n) is 4.62. The highest BCUT2D eigenvalue weighted by Crippen LogP contribution is 2.26. The second kappa shape index (κ2) is 6.48. The quantitative estimate of drug-likeness (QED) is 0.901. The van der Waals surface area contributed by atoms with Crippen LogP contribution in [0.15, 0.2) is 48.5 Å². The minimum atomic E-state index is -0.442. The largest absolute Gasteiger partial charge is 0.484 e. The molecule has 0 spiro atoms. The molecule has 4 heteroatoms. The summed E-state index contributed by atoms with van der Waals surface area (Å²) >= 11 is 0. The Labute approximate surface area is 117 Å². The number of nitrogens with two attached hydrogens (primary N) is 1. The summed E-state index contributed by atoms with van der Waals surface area (Å²) in [5.41, 5.74) is 6.83. The Morgan fingerprint density at radius 2 is 1.75 bits per heavy atom. The first-order chi connectivity index (χ1) is 9.60. The molecule has 2 unspecified atom stereocenters. The van der Waals surface area contributed by atoms with Crippen LogP contribution in [0.4, 0.5) is 8.78 Å². The summed E-state index contributed by atoms with van der Waals surface area (Å²) in [6.07, 6.45) is 0.250. The molecule has 0 amide bonds. The molecule has 0 radical (unpaired) electrons. The van der Waals surface area contributed by atoms with Crippen molar-refractivity contribution in [3.8, 4) is 5.75 Å². The maximum atomic E-state index is 13.2. The van der Waals surface area contributed by atoms with E-state index >= 15 is 0 Å². The molecule has 0 aliphatic carbocycles. The van der Waals surface area contributed by atoms with E-state index in [2.05, 4.69) is 0 Å². The predicted molar refractivity (Wildman–Crippen MR) is 74.4 cm³/mol. The van der Waals surface area contributed by atoms with Crippen molar-refractivity contribution in [1.29, 1.82) is 0 Å². The third-order valence-corrected chi connectivity index (χ3v) is 3.12. The SMILES string of the molecule is CCC(N)C(Oc1cccc(F)c1)c1ccc(F)cc1. The molecule has 0 aliphatic heterocycles. The topological polar surface area (TPSA) is 35.2 Å². The fourth-order valence-corrected chi connectivity index (χ4v) is 1.96. The zero-order chi connectivity index (χ0) is 14.5. The molecule has 0 fully saturated rings. The van der Waals surface area contributed by atoms with E-state index in [0.29, 0.717) is 12.2 Å². The van der Waals surface area contributed by atoms with Gasteiger partial charge in [-0.2, -0.15) is 0 Å². The fourth-order valence-electron chi connectivity index (χ4n) is 1.96. The summed E-state index contributed by atoms with van der Waals surface area (Å²) < 4.78 is 32.0. The standard InChI is InChI=1S/C16H17F2NO/c1-2-15(19)16(11-6-8-12(17)9-7-11)20-14-5-3-4-13(18)10-14/h3-10,15-16H,2,19H2,1H3. The highest BCUT2D eigenvalue weighted by molar-refractivity contribution is 5.26. The van der Waals surface area contributed by atoms with Crippen molar-refractivity contribution in [2.24, 2.45) is 5.73 Å². The summed E-state index contributed by atoms with van der Waals surface area (Å²) in [7, 11) is 0. The number of ether oxygens (including phenoxy) is 1. The predicted octanol–water partition coefficient (Wildman–Crippen LogP) is 3.82. The lowest BCUT2D eigenvalue weighted by Gasteiger charge is -2.24. The van der Waals surface area contributed by atoms with Crippen LogP contribution in [0.1, 0.15) is 25.0 Å². The Morgan fingerprint density at radius 1 is 1.05 bits per heavy atom. The minimum absolute atomic E-state index is 0.260. The van der Waals surface area contributed by atoms with Crippen LogP contribution in [0.25, 0.3) is 0 Å². The molecule has 0 aliphatic rings. The molecule has 0 heterocycles. The lowest BCUT2D eigenvalue weighted by molar-refractivity contribution is 0.170. The zero-order valence-corrected chi connectivity index (χ0v) is 11.2. The van der Waals surface area contributed by atoms with Crippen LogP contribution in [-0.2, 0) is 0 Å². The molecule has 2 aromatic rings. The summed E-state index contributed by atoms with van der Waals surface area (Å²) in [6, 6.07) is 11.6. The van der Waals surface area contributed by atoms with Crippen LogP contribution < -0.4 is 10.5 Å². The van der Waals surface area contributed by atoms with Crippen molar-refractivity contribution in [2.45, 2.75) is 25.5 Å². The molecular formula is C16H17F2NO. The van der Waals surface area contributed by atoms with Gasteiger partial charge in [-0.3, -0.25) is 0 Å². The van der Waals surface area contributed by atoms with Gasteiger partial charge in [-0.05, 0) is 36.2 Å². The maximum absolute atomic E-state index is 13.2. The van der Waals surface area contributed by atoms with Gasteiger partial charge in [0.15, 0.2) is 0 Å². The second-order valence-corrected chi connectivity index (χ2v) is 4.62. The fraction of sp³-hybridized carbons (Fsp3) is 0.250. The maximum Gasteiger partial charge on any atom is 0.139 e. The van der Waals surface area contributed by atoms with Gasteiger partial charge < -0.3 is 10.5 Å². The van der Waals surface area contributed by atoms with Gasteiger partial charge in [0.1, 0.15) is 23.5 Å². The van der Waals surface area contributed by atoms with E-state index in [1.807, 2.05) is 6.92 Å². The van der Waals surface area contributed by atoms with Crippen LogP contribution in [0.2, 0.25) is 0 Å². The van der Waals surface area contributed by atoms with E-state index < -0.39 is 6.10 Å². The molecule has 106 valence electrons. The van der Waals surface area contributed by atoms with Gasteiger partial charge in [-0.1, -0.05) is 25.1 Å². The first-order valence-corrected chi connectivity index (χ1v) is 6.53. The van der Waals surface area contributed by atoms with E-state index in [9.17, 15) is 8.78 Å². The number of benzene rings is 2. The van der Waals surface area contributed by atoms with Gasteiger partial charge in [-0.25, -0.2) is 8.78 Å². The highest BCUT2D eigenvalue weighted by atomic mass is 19.1. The van der Waals surface area contributed by atoms with Crippen molar-refractivity contribution >= 4 is 0 Å². The molecule has 2 nitrogen and oxygen atoms in total. The summed E-state index contributed by atoms with van der Waals surface area (Å²) in [6.45, 7) is 1.94. The lowest BCUT2D eigenvalue weighted by Crippen LogP contribution is -2.31. The zero-order valence-electron chi connectivity index (χ0n) is 11.2.